The molecule has 3 heterocycles. The SMILES string of the molecule is Cc1cc(C)c2sc(N(Cc3cccnc3)C(=O)c3cc(C)oc3C)nc2c1. The first-order chi connectivity index (χ1) is 13.4. The van der Waals surface area contributed by atoms with Gasteiger partial charge in [-0.05, 0) is 62.6 Å². The van der Waals surface area contributed by atoms with Gasteiger partial charge in [0.2, 0.25) is 0 Å². The van der Waals surface area contributed by atoms with Crippen LogP contribution in [0.5, 0.6) is 0 Å². The predicted octanol–water partition coefficient (Wildman–Crippen LogP) is 5.36. The number of hydrogen-bond acceptors (Lipinski definition) is 5. The molecule has 142 valence electrons. The number of aromatic nitrogens is 2. The molecule has 0 saturated carbocycles. The number of furan rings is 1. The van der Waals surface area contributed by atoms with Crippen LogP contribution >= 0.6 is 11.3 Å². The predicted molar refractivity (Wildman–Crippen MR) is 112 cm³/mol. The van der Waals surface area contributed by atoms with E-state index in [1.54, 1.807) is 23.4 Å². The van der Waals surface area contributed by atoms with E-state index in [0.29, 0.717) is 23.0 Å². The lowest BCUT2D eigenvalue weighted by molar-refractivity contribution is 0.0983. The first-order valence-corrected chi connectivity index (χ1v) is 9.89. The van der Waals surface area contributed by atoms with Gasteiger partial charge in [0.1, 0.15) is 11.5 Å². The molecule has 0 fully saturated rings. The van der Waals surface area contributed by atoms with Crippen molar-refractivity contribution in [2.45, 2.75) is 34.2 Å². The minimum Gasteiger partial charge on any atom is -0.466 e. The number of aryl methyl sites for hydroxylation is 4. The average Bonchev–Trinajstić information content (AvgIpc) is 3.22. The van der Waals surface area contributed by atoms with Gasteiger partial charge < -0.3 is 4.42 Å². The number of pyridine rings is 1. The molecule has 28 heavy (non-hydrogen) atoms. The number of thiazole rings is 1. The highest BCUT2D eigenvalue weighted by Crippen LogP contribution is 2.34. The molecule has 4 rings (SSSR count). The van der Waals surface area contributed by atoms with Gasteiger partial charge in [-0.2, -0.15) is 0 Å². The highest BCUT2D eigenvalue weighted by Gasteiger charge is 2.25. The van der Waals surface area contributed by atoms with Crippen LogP contribution in [0.15, 0.2) is 47.1 Å². The smallest absolute Gasteiger partial charge is 0.263 e. The van der Waals surface area contributed by atoms with E-state index in [2.05, 4.69) is 31.0 Å². The molecule has 3 aromatic heterocycles. The van der Waals surface area contributed by atoms with Crippen molar-refractivity contribution in [2.75, 3.05) is 4.90 Å². The third-order valence-electron chi connectivity index (χ3n) is 4.62. The van der Waals surface area contributed by atoms with Gasteiger partial charge in [0, 0.05) is 12.4 Å². The molecular weight excluding hydrogens is 370 g/mol. The molecule has 0 radical (unpaired) electrons. The zero-order valence-electron chi connectivity index (χ0n) is 16.3. The second-order valence-electron chi connectivity index (χ2n) is 7.01. The Morgan fingerprint density at radius 3 is 2.68 bits per heavy atom. The molecule has 0 saturated heterocycles. The van der Waals surface area contributed by atoms with Gasteiger partial charge in [0.15, 0.2) is 5.13 Å². The summed E-state index contributed by atoms with van der Waals surface area (Å²) >= 11 is 1.54. The van der Waals surface area contributed by atoms with Gasteiger partial charge in [-0.3, -0.25) is 14.7 Å². The molecule has 0 aliphatic carbocycles. The molecule has 5 nitrogen and oxygen atoms in total. The van der Waals surface area contributed by atoms with E-state index in [-0.39, 0.29) is 5.91 Å². The van der Waals surface area contributed by atoms with Crippen LogP contribution in [0.25, 0.3) is 10.2 Å². The Balaban J connectivity index is 1.82. The van der Waals surface area contributed by atoms with E-state index in [1.165, 1.54) is 16.9 Å². The summed E-state index contributed by atoms with van der Waals surface area (Å²) < 4.78 is 6.69. The normalized spacial score (nSPS) is 11.1. The number of anilines is 1. The van der Waals surface area contributed by atoms with Gasteiger partial charge in [-0.25, -0.2) is 4.98 Å². The van der Waals surface area contributed by atoms with E-state index in [4.69, 9.17) is 9.40 Å². The van der Waals surface area contributed by atoms with E-state index in [9.17, 15) is 4.79 Å². The Morgan fingerprint density at radius 2 is 2.00 bits per heavy atom. The van der Waals surface area contributed by atoms with Crippen LogP contribution in [-0.4, -0.2) is 15.9 Å². The van der Waals surface area contributed by atoms with Crippen molar-refractivity contribution in [3.63, 3.8) is 0 Å². The summed E-state index contributed by atoms with van der Waals surface area (Å²) in [5, 5.41) is 0.677. The second-order valence-corrected chi connectivity index (χ2v) is 7.98. The van der Waals surface area contributed by atoms with E-state index < -0.39 is 0 Å². The van der Waals surface area contributed by atoms with Crippen LogP contribution in [0.1, 0.15) is 38.6 Å². The Bertz CT molecular complexity index is 1160. The summed E-state index contributed by atoms with van der Waals surface area (Å²) in [6.45, 7) is 8.19. The molecule has 1 aromatic carbocycles. The first-order valence-electron chi connectivity index (χ1n) is 9.08. The Labute approximate surface area is 167 Å². The van der Waals surface area contributed by atoms with Gasteiger partial charge in [0.25, 0.3) is 5.91 Å². The molecule has 1 amide bonds. The molecule has 0 aliphatic heterocycles. The number of carbonyl (C=O) groups excluding carboxylic acids is 1. The average molecular weight is 391 g/mol. The number of amides is 1. The lowest BCUT2D eigenvalue weighted by Crippen LogP contribution is -2.30. The van der Waals surface area contributed by atoms with Crippen LogP contribution in [0.3, 0.4) is 0 Å². The van der Waals surface area contributed by atoms with Crippen molar-refractivity contribution in [1.29, 1.82) is 0 Å². The summed E-state index contributed by atoms with van der Waals surface area (Å²) in [5.41, 5.74) is 4.76. The Morgan fingerprint density at radius 1 is 1.18 bits per heavy atom. The maximum atomic E-state index is 13.4. The summed E-state index contributed by atoms with van der Waals surface area (Å²) in [7, 11) is 0. The van der Waals surface area contributed by atoms with Crippen LogP contribution in [0.2, 0.25) is 0 Å². The van der Waals surface area contributed by atoms with Crippen molar-refractivity contribution < 1.29 is 9.21 Å². The van der Waals surface area contributed by atoms with E-state index >= 15 is 0 Å². The fraction of sp³-hybridized carbons (Fsp3) is 0.227. The maximum Gasteiger partial charge on any atom is 0.263 e. The number of hydrogen-bond donors (Lipinski definition) is 0. The minimum atomic E-state index is -0.119. The Hall–Kier alpha value is -2.99. The van der Waals surface area contributed by atoms with E-state index in [0.717, 1.165) is 27.1 Å². The molecule has 0 aliphatic rings. The van der Waals surface area contributed by atoms with Gasteiger partial charge in [-0.15, -0.1) is 0 Å². The summed E-state index contributed by atoms with van der Waals surface area (Å²) in [6, 6.07) is 9.82. The molecule has 0 unspecified atom stereocenters. The first kappa shape index (κ1) is 18.4. The third-order valence-corrected chi connectivity index (χ3v) is 5.85. The van der Waals surface area contributed by atoms with Crippen molar-refractivity contribution in [1.82, 2.24) is 9.97 Å². The monoisotopic (exact) mass is 391 g/mol. The quantitative estimate of drug-likeness (QED) is 0.469. The van der Waals surface area contributed by atoms with Gasteiger partial charge >= 0.3 is 0 Å². The van der Waals surface area contributed by atoms with Crippen LogP contribution in [0.4, 0.5) is 5.13 Å². The zero-order chi connectivity index (χ0) is 19.8. The molecule has 0 atom stereocenters. The number of benzene rings is 1. The molecule has 6 heteroatoms. The molecule has 0 N–H and O–H groups in total. The third kappa shape index (κ3) is 3.43. The summed E-state index contributed by atoms with van der Waals surface area (Å²) in [4.78, 5) is 24.1. The fourth-order valence-electron chi connectivity index (χ4n) is 3.37. The van der Waals surface area contributed by atoms with Crippen LogP contribution < -0.4 is 4.90 Å². The lowest BCUT2D eigenvalue weighted by Gasteiger charge is -2.19. The molecular formula is C22H21N3O2S. The molecule has 4 aromatic rings. The van der Waals surface area contributed by atoms with Crippen molar-refractivity contribution in [3.8, 4) is 0 Å². The zero-order valence-corrected chi connectivity index (χ0v) is 17.1. The standard InChI is InChI=1S/C22H21N3O2S/c1-13-8-14(2)20-19(9-13)24-22(28-20)25(12-17-6-5-7-23-11-17)21(26)18-10-15(3)27-16(18)4/h5-11H,12H2,1-4H3. The number of nitrogens with zero attached hydrogens (tertiary/aromatic N) is 3. The fourth-order valence-corrected chi connectivity index (χ4v) is 4.38. The largest absolute Gasteiger partial charge is 0.466 e. The van der Waals surface area contributed by atoms with Crippen molar-refractivity contribution in [2.24, 2.45) is 0 Å². The highest BCUT2D eigenvalue weighted by molar-refractivity contribution is 7.22. The summed E-state index contributed by atoms with van der Waals surface area (Å²) in [5.74, 6) is 1.22. The number of rotatable bonds is 4. The highest BCUT2D eigenvalue weighted by atomic mass is 32.1. The maximum absolute atomic E-state index is 13.4. The van der Waals surface area contributed by atoms with E-state index in [1.807, 2.05) is 26.0 Å². The number of fused-ring (bicyclic) bond motifs is 1. The van der Waals surface area contributed by atoms with Gasteiger partial charge in [0.05, 0.1) is 22.3 Å². The van der Waals surface area contributed by atoms with Gasteiger partial charge in [-0.1, -0.05) is 23.5 Å². The lowest BCUT2D eigenvalue weighted by atomic mass is 10.1. The minimum absolute atomic E-state index is 0.119. The number of carbonyl (C=O) groups is 1. The van der Waals surface area contributed by atoms with Crippen molar-refractivity contribution in [3.05, 3.63) is 76.5 Å². The van der Waals surface area contributed by atoms with Crippen molar-refractivity contribution >= 4 is 32.6 Å². The Kier molecular flexibility index (Phi) is 4.73. The van der Waals surface area contributed by atoms with Crippen LogP contribution in [0, 0.1) is 27.7 Å². The topological polar surface area (TPSA) is 59.2 Å². The second kappa shape index (κ2) is 7.20. The molecule has 0 bridgehead atoms. The molecule has 0 spiro atoms. The summed E-state index contributed by atoms with van der Waals surface area (Å²) in [6.07, 6.45) is 3.50. The van der Waals surface area contributed by atoms with Crippen LogP contribution in [-0.2, 0) is 6.54 Å².